The SMILES string of the molecule is COc1cc(C(F)(F)F)cc(C(F)(F)F)c1/C=C/C(=O)O. The molecule has 0 spiro atoms. The molecule has 0 saturated heterocycles. The first-order chi connectivity index (χ1) is 9.46. The van der Waals surface area contributed by atoms with E-state index in [2.05, 4.69) is 4.74 Å². The second kappa shape index (κ2) is 5.66. The summed E-state index contributed by atoms with van der Waals surface area (Å²) in [5.41, 5.74) is -3.97. The van der Waals surface area contributed by atoms with Crippen molar-refractivity contribution in [1.82, 2.24) is 0 Å². The lowest BCUT2D eigenvalue weighted by atomic mass is 10.0. The minimum atomic E-state index is -5.10. The van der Waals surface area contributed by atoms with E-state index >= 15 is 0 Å². The predicted molar refractivity (Wildman–Crippen MR) is 59.7 cm³/mol. The second-order valence-corrected chi connectivity index (χ2v) is 3.81. The maximum Gasteiger partial charge on any atom is 0.417 e. The Balaban J connectivity index is 3.64. The molecule has 3 nitrogen and oxygen atoms in total. The average molecular weight is 314 g/mol. The van der Waals surface area contributed by atoms with E-state index in [0.29, 0.717) is 18.2 Å². The maximum atomic E-state index is 12.9. The van der Waals surface area contributed by atoms with Gasteiger partial charge >= 0.3 is 18.3 Å². The van der Waals surface area contributed by atoms with Gasteiger partial charge in [-0.3, -0.25) is 0 Å². The molecule has 0 aliphatic heterocycles. The zero-order chi connectivity index (χ0) is 16.4. The van der Waals surface area contributed by atoms with Crippen LogP contribution in [0.5, 0.6) is 5.75 Å². The summed E-state index contributed by atoms with van der Waals surface area (Å²) in [7, 11) is 0.883. The largest absolute Gasteiger partial charge is 0.496 e. The Kier molecular flexibility index (Phi) is 4.55. The molecule has 0 fully saturated rings. The summed E-state index contributed by atoms with van der Waals surface area (Å²) in [6.07, 6.45) is -9.19. The van der Waals surface area contributed by atoms with Crippen LogP contribution in [0.15, 0.2) is 18.2 Å². The van der Waals surface area contributed by atoms with Crippen LogP contribution < -0.4 is 4.74 Å². The zero-order valence-electron chi connectivity index (χ0n) is 10.3. The summed E-state index contributed by atoms with van der Waals surface area (Å²) >= 11 is 0. The van der Waals surface area contributed by atoms with Crippen LogP contribution in [0.25, 0.3) is 6.08 Å². The monoisotopic (exact) mass is 314 g/mol. The number of hydrogen-bond acceptors (Lipinski definition) is 2. The number of ether oxygens (including phenoxy) is 1. The van der Waals surface area contributed by atoms with Gasteiger partial charge in [0.2, 0.25) is 0 Å². The number of benzene rings is 1. The first-order valence-electron chi connectivity index (χ1n) is 5.24. The van der Waals surface area contributed by atoms with Crippen molar-refractivity contribution in [2.24, 2.45) is 0 Å². The molecule has 1 rings (SSSR count). The fraction of sp³-hybridized carbons (Fsp3) is 0.250. The van der Waals surface area contributed by atoms with Gasteiger partial charge in [0.15, 0.2) is 0 Å². The highest BCUT2D eigenvalue weighted by atomic mass is 19.4. The van der Waals surface area contributed by atoms with E-state index in [1.807, 2.05) is 0 Å². The fourth-order valence-electron chi connectivity index (χ4n) is 1.52. The summed E-state index contributed by atoms with van der Waals surface area (Å²) in [6, 6.07) is 0.279. The molecular formula is C12H8F6O3. The Hall–Kier alpha value is -2.19. The first kappa shape index (κ1) is 16.9. The Morgan fingerprint density at radius 1 is 1.14 bits per heavy atom. The maximum absolute atomic E-state index is 12.9. The molecular weight excluding hydrogens is 306 g/mol. The molecule has 0 amide bonds. The lowest BCUT2D eigenvalue weighted by Crippen LogP contribution is -2.13. The number of carboxylic acids is 1. The van der Waals surface area contributed by atoms with Gasteiger partial charge in [-0.05, 0) is 18.2 Å². The summed E-state index contributed by atoms with van der Waals surface area (Å²) in [4.78, 5) is 10.4. The lowest BCUT2D eigenvalue weighted by molar-refractivity contribution is -0.143. The number of halogens is 6. The highest BCUT2D eigenvalue weighted by molar-refractivity contribution is 5.86. The minimum absolute atomic E-state index is 0.0932. The number of aliphatic carboxylic acids is 1. The van der Waals surface area contributed by atoms with E-state index in [-0.39, 0.29) is 6.07 Å². The second-order valence-electron chi connectivity index (χ2n) is 3.81. The van der Waals surface area contributed by atoms with Crippen LogP contribution in [-0.4, -0.2) is 18.2 Å². The smallest absolute Gasteiger partial charge is 0.417 e. The third-order valence-corrected chi connectivity index (χ3v) is 2.39. The first-order valence-corrected chi connectivity index (χ1v) is 5.24. The van der Waals surface area contributed by atoms with Crippen molar-refractivity contribution in [3.05, 3.63) is 34.9 Å². The molecule has 21 heavy (non-hydrogen) atoms. The van der Waals surface area contributed by atoms with Crippen LogP contribution in [0.1, 0.15) is 16.7 Å². The molecule has 0 aliphatic rings. The highest BCUT2D eigenvalue weighted by Crippen LogP contribution is 2.41. The van der Waals surface area contributed by atoms with Gasteiger partial charge in [0, 0.05) is 11.6 Å². The average Bonchev–Trinajstić information content (AvgIpc) is 2.32. The molecule has 0 heterocycles. The zero-order valence-corrected chi connectivity index (χ0v) is 10.3. The van der Waals surface area contributed by atoms with Gasteiger partial charge in [0.05, 0.1) is 18.2 Å². The van der Waals surface area contributed by atoms with Crippen LogP contribution in [-0.2, 0) is 17.1 Å². The van der Waals surface area contributed by atoms with E-state index in [9.17, 15) is 31.1 Å². The van der Waals surface area contributed by atoms with E-state index in [0.717, 1.165) is 7.11 Å². The van der Waals surface area contributed by atoms with E-state index in [4.69, 9.17) is 5.11 Å². The predicted octanol–water partition coefficient (Wildman–Crippen LogP) is 3.83. The van der Waals surface area contributed by atoms with Crippen molar-refractivity contribution in [3.63, 3.8) is 0 Å². The van der Waals surface area contributed by atoms with Gasteiger partial charge in [-0.25, -0.2) is 4.79 Å². The molecule has 1 aromatic carbocycles. The minimum Gasteiger partial charge on any atom is -0.496 e. The van der Waals surface area contributed by atoms with Crippen LogP contribution in [0.3, 0.4) is 0 Å². The Morgan fingerprint density at radius 2 is 1.71 bits per heavy atom. The van der Waals surface area contributed by atoms with Crippen molar-refractivity contribution in [2.75, 3.05) is 7.11 Å². The summed E-state index contributed by atoms with van der Waals surface area (Å²) in [5.74, 6) is -2.28. The molecule has 9 heteroatoms. The third kappa shape index (κ3) is 4.14. The number of carboxylic acid groups (broad SMARTS) is 1. The Labute approximate surface area is 114 Å². The van der Waals surface area contributed by atoms with Crippen molar-refractivity contribution < 1.29 is 41.0 Å². The van der Waals surface area contributed by atoms with Crippen molar-refractivity contribution in [3.8, 4) is 5.75 Å². The molecule has 1 aromatic rings. The molecule has 1 N–H and O–H groups in total. The van der Waals surface area contributed by atoms with Crippen LogP contribution in [0.2, 0.25) is 0 Å². The number of methoxy groups -OCH3 is 1. The normalized spacial score (nSPS) is 12.7. The number of rotatable bonds is 3. The molecule has 0 atom stereocenters. The molecule has 0 radical (unpaired) electrons. The third-order valence-electron chi connectivity index (χ3n) is 2.39. The van der Waals surface area contributed by atoms with Gasteiger partial charge in [0.1, 0.15) is 5.75 Å². The highest BCUT2D eigenvalue weighted by Gasteiger charge is 2.39. The molecule has 0 aliphatic carbocycles. The van der Waals surface area contributed by atoms with Gasteiger partial charge < -0.3 is 9.84 Å². The summed E-state index contributed by atoms with van der Waals surface area (Å²) in [6.45, 7) is 0. The topological polar surface area (TPSA) is 46.5 Å². The number of alkyl halides is 6. The summed E-state index contributed by atoms with van der Waals surface area (Å²) < 4.78 is 80.8. The Bertz CT molecular complexity index is 572. The van der Waals surface area contributed by atoms with Crippen LogP contribution >= 0.6 is 0 Å². The molecule has 0 saturated carbocycles. The van der Waals surface area contributed by atoms with Crippen molar-refractivity contribution in [1.29, 1.82) is 0 Å². The number of carbonyl (C=O) groups is 1. The van der Waals surface area contributed by atoms with Gasteiger partial charge in [0.25, 0.3) is 0 Å². The van der Waals surface area contributed by atoms with Crippen molar-refractivity contribution >= 4 is 12.0 Å². The fourth-order valence-corrected chi connectivity index (χ4v) is 1.52. The quantitative estimate of drug-likeness (QED) is 0.681. The van der Waals surface area contributed by atoms with E-state index in [1.54, 1.807) is 0 Å². The van der Waals surface area contributed by atoms with Gasteiger partial charge in [-0.2, -0.15) is 26.3 Å². The van der Waals surface area contributed by atoms with Crippen molar-refractivity contribution in [2.45, 2.75) is 12.4 Å². The number of hydrogen-bond donors (Lipinski definition) is 1. The molecule has 116 valence electrons. The summed E-state index contributed by atoms with van der Waals surface area (Å²) in [5, 5.41) is 8.43. The van der Waals surface area contributed by atoms with Gasteiger partial charge in [-0.1, -0.05) is 0 Å². The van der Waals surface area contributed by atoms with E-state index in [1.165, 1.54) is 0 Å². The van der Waals surface area contributed by atoms with Gasteiger partial charge in [-0.15, -0.1) is 0 Å². The van der Waals surface area contributed by atoms with E-state index < -0.39 is 40.8 Å². The molecule has 0 bridgehead atoms. The Morgan fingerprint density at radius 3 is 2.10 bits per heavy atom. The van der Waals surface area contributed by atoms with Crippen LogP contribution in [0.4, 0.5) is 26.3 Å². The molecule has 0 unspecified atom stereocenters. The van der Waals surface area contributed by atoms with Crippen LogP contribution in [0, 0.1) is 0 Å². The lowest BCUT2D eigenvalue weighted by Gasteiger charge is -2.17. The molecule has 0 aromatic heterocycles. The standard InChI is InChI=1S/C12H8F6O3/c1-21-9-5-6(11(13,14)15)4-8(12(16,17)18)7(9)2-3-10(19)20/h2-5H,1H3,(H,19,20)/b3-2+.